The molecule has 2 amide bonds. The van der Waals surface area contributed by atoms with Crippen LogP contribution in [0.3, 0.4) is 0 Å². The third kappa shape index (κ3) is 3.24. The van der Waals surface area contributed by atoms with Gasteiger partial charge in [0.25, 0.3) is 0 Å². The van der Waals surface area contributed by atoms with Crippen molar-refractivity contribution < 1.29 is 14.7 Å². The number of hydrogen-bond acceptors (Lipinski definition) is 3. The van der Waals surface area contributed by atoms with Gasteiger partial charge in [-0.25, -0.2) is 9.59 Å². The molecule has 1 aliphatic rings. The van der Waals surface area contributed by atoms with Crippen molar-refractivity contribution in [2.45, 2.75) is 32.4 Å². The van der Waals surface area contributed by atoms with E-state index >= 15 is 0 Å². The molecule has 19 heavy (non-hydrogen) atoms. The Kier molecular flexibility index (Phi) is 3.73. The number of aromatic nitrogens is 2. The number of aliphatic carboxylic acids is 1. The van der Waals surface area contributed by atoms with Crippen LogP contribution in [0.15, 0.2) is 6.20 Å². The van der Waals surface area contributed by atoms with Crippen LogP contribution in [0.1, 0.15) is 24.1 Å². The van der Waals surface area contributed by atoms with E-state index in [4.69, 9.17) is 5.11 Å². The van der Waals surface area contributed by atoms with Gasteiger partial charge in [0.1, 0.15) is 6.04 Å². The number of nitrogens with zero attached hydrogens (tertiary/aromatic N) is 2. The van der Waals surface area contributed by atoms with E-state index in [1.54, 1.807) is 10.9 Å². The van der Waals surface area contributed by atoms with Gasteiger partial charge in [0.05, 0.1) is 6.20 Å². The van der Waals surface area contributed by atoms with Crippen molar-refractivity contribution in [2.24, 2.45) is 13.0 Å². The molecule has 0 spiro atoms. The quantitative estimate of drug-likeness (QED) is 0.718. The predicted octanol–water partition coefficient (Wildman–Crippen LogP) is 0.391. The summed E-state index contributed by atoms with van der Waals surface area (Å²) in [6.07, 6.45) is 3.41. The van der Waals surface area contributed by atoms with Gasteiger partial charge >= 0.3 is 12.0 Å². The molecule has 3 N–H and O–H groups in total. The van der Waals surface area contributed by atoms with Crippen LogP contribution in [0.2, 0.25) is 0 Å². The third-order valence-corrected chi connectivity index (χ3v) is 3.42. The maximum atomic E-state index is 11.7. The highest BCUT2D eigenvalue weighted by Crippen LogP contribution is 2.32. The first kappa shape index (κ1) is 13.4. The molecule has 2 rings (SSSR count). The number of hydrogen-bond donors (Lipinski definition) is 3. The van der Waals surface area contributed by atoms with Crippen molar-refractivity contribution in [2.75, 3.05) is 0 Å². The van der Waals surface area contributed by atoms with Crippen molar-refractivity contribution in [1.82, 2.24) is 20.4 Å². The first-order chi connectivity index (χ1) is 8.99. The van der Waals surface area contributed by atoms with E-state index in [0.717, 1.165) is 24.1 Å². The smallest absolute Gasteiger partial charge is 0.326 e. The van der Waals surface area contributed by atoms with Crippen LogP contribution in [0.4, 0.5) is 4.79 Å². The normalized spacial score (nSPS) is 15.9. The Balaban J connectivity index is 1.84. The summed E-state index contributed by atoms with van der Waals surface area (Å²) in [4.78, 5) is 22.7. The molecule has 7 heteroatoms. The van der Waals surface area contributed by atoms with Gasteiger partial charge in [0.15, 0.2) is 0 Å². The van der Waals surface area contributed by atoms with E-state index < -0.39 is 18.0 Å². The van der Waals surface area contributed by atoms with E-state index in [1.807, 2.05) is 14.0 Å². The molecular formula is C12H18N4O3. The van der Waals surface area contributed by atoms with Crippen LogP contribution in [0, 0.1) is 12.8 Å². The lowest BCUT2D eigenvalue weighted by Gasteiger charge is -2.14. The van der Waals surface area contributed by atoms with Crippen LogP contribution in [-0.4, -0.2) is 32.9 Å². The molecule has 0 saturated heterocycles. The topological polar surface area (TPSA) is 96.2 Å². The van der Waals surface area contributed by atoms with Gasteiger partial charge in [-0.3, -0.25) is 4.68 Å². The van der Waals surface area contributed by atoms with Crippen LogP contribution < -0.4 is 10.6 Å². The number of carboxylic acids is 1. The molecule has 104 valence electrons. The Morgan fingerprint density at radius 3 is 2.74 bits per heavy atom. The first-order valence-corrected chi connectivity index (χ1v) is 6.23. The summed E-state index contributed by atoms with van der Waals surface area (Å²) in [6.45, 7) is 2.24. The highest BCUT2D eigenvalue weighted by molar-refractivity contribution is 5.83. The number of aryl methyl sites for hydroxylation is 1. The maximum absolute atomic E-state index is 11.7. The minimum atomic E-state index is -0.977. The summed E-state index contributed by atoms with van der Waals surface area (Å²) in [5.74, 6) is -0.904. The lowest BCUT2D eigenvalue weighted by molar-refractivity contribution is -0.139. The Morgan fingerprint density at radius 1 is 1.58 bits per heavy atom. The van der Waals surface area contributed by atoms with Gasteiger partial charge < -0.3 is 15.7 Å². The van der Waals surface area contributed by atoms with Gasteiger partial charge in [-0.1, -0.05) is 0 Å². The second-order valence-corrected chi connectivity index (χ2v) is 4.86. The van der Waals surface area contributed by atoms with E-state index in [1.165, 1.54) is 0 Å². The zero-order chi connectivity index (χ0) is 14.0. The molecule has 0 bridgehead atoms. The average Bonchev–Trinajstić information content (AvgIpc) is 3.14. The minimum absolute atomic E-state index is 0.0726. The molecule has 1 aliphatic carbocycles. The van der Waals surface area contributed by atoms with Gasteiger partial charge in [-0.2, -0.15) is 5.10 Å². The van der Waals surface area contributed by atoms with Gasteiger partial charge in [0.2, 0.25) is 0 Å². The lowest BCUT2D eigenvalue weighted by Crippen LogP contribution is -2.47. The van der Waals surface area contributed by atoms with E-state index in [-0.39, 0.29) is 5.92 Å². The zero-order valence-corrected chi connectivity index (χ0v) is 11.0. The summed E-state index contributed by atoms with van der Waals surface area (Å²) in [7, 11) is 1.83. The van der Waals surface area contributed by atoms with Crippen molar-refractivity contribution in [3.8, 4) is 0 Å². The molecule has 0 aromatic carbocycles. The van der Waals surface area contributed by atoms with E-state index in [0.29, 0.717) is 6.54 Å². The number of carbonyl (C=O) groups is 2. The van der Waals surface area contributed by atoms with Gasteiger partial charge in [-0.15, -0.1) is 0 Å². The number of amides is 2. The highest BCUT2D eigenvalue weighted by atomic mass is 16.4. The van der Waals surface area contributed by atoms with Gasteiger partial charge in [0, 0.05) is 24.8 Å². The van der Waals surface area contributed by atoms with Crippen LogP contribution >= 0.6 is 0 Å². The zero-order valence-electron chi connectivity index (χ0n) is 11.0. The summed E-state index contributed by atoms with van der Waals surface area (Å²) in [6, 6.07) is -1.24. The SMILES string of the molecule is Cc1c(CNC(=O)NC(C(=O)O)C2CC2)cnn1C. The summed E-state index contributed by atoms with van der Waals surface area (Å²) >= 11 is 0. The molecule has 7 nitrogen and oxygen atoms in total. The predicted molar refractivity (Wildman–Crippen MR) is 67.5 cm³/mol. The molecular weight excluding hydrogens is 248 g/mol. The Hall–Kier alpha value is -2.05. The largest absolute Gasteiger partial charge is 0.480 e. The molecule has 0 radical (unpaired) electrons. The van der Waals surface area contributed by atoms with Crippen molar-refractivity contribution >= 4 is 12.0 Å². The molecule has 1 aromatic heterocycles. The van der Waals surface area contributed by atoms with Crippen LogP contribution in [0.25, 0.3) is 0 Å². The van der Waals surface area contributed by atoms with E-state index in [2.05, 4.69) is 15.7 Å². The number of carboxylic acid groups (broad SMARTS) is 1. The number of nitrogens with one attached hydrogen (secondary N) is 2. The van der Waals surface area contributed by atoms with Gasteiger partial charge in [-0.05, 0) is 25.7 Å². The molecule has 0 aliphatic heterocycles. The lowest BCUT2D eigenvalue weighted by atomic mass is 10.2. The molecule has 1 aromatic rings. The number of carbonyl (C=O) groups excluding carboxylic acids is 1. The fraction of sp³-hybridized carbons (Fsp3) is 0.583. The first-order valence-electron chi connectivity index (χ1n) is 6.23. The summed E-state index contributed by atoms with van der Waals surface area (Å²) < 4.78 is 1.72. The molecule has 1 fully saturated rings. The second kappa shape index (κ2) is 5.29. The van der Waals surface area contributed by atoms with Crippen LogP contribution in [-0.2, 0) is 18.4 Å². The molecule has 1 atom stereocenters. The summed E-state index contributed by atoms with van der Waals surface area (Å²) in [5.41, 5.74) is 1.88. The molecule has 1 unspecified atom stereocenters. The number of rotatable bonds is 5. The monoisotopic (exact) mass is 266 g/mol. The van der Waals surface area contributed by atoms with E-state index in [9.17, 15) is 9.59 Å². The Bertz CT molecular complexity index is 493. The Morgan fingerprint density at radius 2 is 2.26 bits per heavy atom. The molecule has 1 saturated carbocycles. The van der Waals surface area contributed by atoms with Crippen molar-refractivity contribution in [1.29, 1.82) is 0 Å². The summed E-state index contributed by atoms with van der Waals surface area (Å²) in [5, 5.41) is 18.2. The second-order valence-electron chi connectivity index (χ2n) is 4.86. The van der Waals surface area contributed by atoms with Crippen molar-refractivity contribution in [3.05, 3.63) is 17.5 Å². The maximum Gasteiger partial charge on any atom is 0.326 e. The fourth-order valence-electron chi connectivity index (χ4n) is 1.90. The standard InChI is InChI=1S/C12H18N4O3/c1-7-9(6-14-16(7)2)5-13-12(19)15-10(11(17)18)8-3-4-8/h6,8,10H,3-5H2,1-2H3,(H,17,18)(H2,13,15,19). The fourth-order valence-corrected chi connectivity index (χ4v) is 1.90. The Labute approximate surface area is 111 Å². The molecule has 1 heterocycles. The average molecular weight is 266 g/mol. The minimum Gasteiger partial charge on any atom is -0.480 e. The van der Waals surface area contributed by atoms with Crippen LogP contribution in [0.5, 0.6) is 0 Å². The third-order valence-electron chi connectivity index (χ3n) is 3.42. The highest BCUT2D eigenvalue weighted by Gasteiger charge is 2.37. The number of urea groups is 1. The van der Waals surface area contributed by atoms with Crippen molar-refractivity contribution in [3.63, 3.8) is 0 Å².